The van der Waals surface area contributed by atoms with Crippen LogP contribution in [0.4, 0.5) is 0 Å². The highest BCUT2D eigenvalue weighted by molar-refractivity contribution is 9.10. The van der Waals surface area contributed by atoms with E-state index in [2.05, 4.69) is 15.9 Å². The number of benzene rings is 3. The number of Topliss-reactive ketones (excluding diaryl/α,β-unsaturated/α-hetero) is 1. The monoisotopic (exact) mass is 514 g/mol. The number of likely N-dealkylation sites (tertiary alicyclic amines) is 1. The van der Waals surface area contributed by atoms with E-state index in [9.17, 15) is 18.0 Å². The summed E-state index contributed by atoms with van der Waals surface area (Å²) in [6.45, 7) is 0.998. The predicted molar refractivity (Wildman–Crippen MR) is 126 cm³/mol. The number of piperidine rings is 1. The molecule has 166 valence electrons. The van der Waals surface area contributed by atoms with Crippen LogP contribution in [0.15, 0.2) is 74.9 Å². The molecule has 0 bridgehead atoms. The van der Waals surface area contributed by atoms with Gasteiger partial charge in [-0.25, -0.2) is 8.42 Å². The minimum Gasteiger partial charge on any atom is -0.342 e. The zero-order valence-corrected chi connectivity index (χ0v) is 19.7. The second kappa shape index (κ2) is 9.13. The molecular weight excluding hydrogens is 492 g/mol. The fraction of sp³-hybridized carbons (Fsp3) is 0.250. The maximum absolute atomic E-state index is 13.1. The molecule has 1 heterocycles. The molecule has 1 aliphatic rings. The molecule has 0 unspecified atom stereocenters. The molecule has 1 fully saturated rings. The maximum Gasteiger partial charge on any atom is 0.236 e. The van der Waals surface area contributed by atoms with E-state index in [1.807, 2.05) is 18.2 Å². The molecule has 4 rings (SSSR count). The number of carbonyl (C=O) groups excluding carboxylic acids is 2. The number of amides is 1. The molecule has 1 saturated heterocycles. The van der Waals surface area contributed by atoms with Crippen molar-refractivity contribution in [3.8, 4) is 0 Å². The third-order valence-electron chi connectivity index (χ3n) is 5.93. The van der Waals surface area contributed by atoms with E-state index < -0.39 is 9.84 Å². The third kappa shape index (κ3) is 4.48. The van der Waals surface area contributed by atoms with E-state index in [0.29, 0.717) is 31.5 Å². The highest BCUT2D eigenvalue weighted by Gasteiger charge is 2.28. The number of nitrogens with two attached hydrogens (primary N) is 1. The smallest absolute Gasteiger partial charge is 0.236 e. The van der Waals surface area contributed by atoms with Gasteiger partial charge in [-0.15, -0.1) is 0 Å². The molecule has 1 aliphatic heterocycles. The lowest BCUT2D eigenvalue weighted by Gasteiger charge is -2.31. The lowest BCUT2D eigenvalue weighted by molar-refractivity contribution is -0.130. The molecule has 2 N–H and O–H groups in total. The van der Waals surface area contributed by atoms with Crippen LogP contribution in [0.2, 0.25) is 0 Å². The molecule has 1 amide bonds. The molecule has 0 aromatic heterocycles. The van der Waals surface area contributed by atoms with Crippen LogP contribution in [0.25, 0.3) is 10.8 Å². The van der Waals surface area contributed by atoms with Gasteiger partial charge in [0.05, 0.1) is 16.3 Å². The van der Waals surface area contributed by atoms with E-state index in [-0.39, 0.29) is 33.9 Å². The minimum absolute atomic E-state index is 0.0231. The summed E-state index contributed by atoms with van der Waals surface area (Å²) in [7, 11) is -3.71. The largest absolute Gasteiger partial charge is 0.342 e. The van der Waals surface area contributed by atoms with Gasteiger partial charge in [0.15, 0.2) is 5.78 Å². The Morgan fingerprint density at radius 1 is 0.906 bits per heavy atom. The van der Waals surface area contributed by atoms with E-state index in [1.54, 1.807) is 35.2 Å². The van der Waals surface area contributed by atoms with Gasteiger partial charge in [-0.05, 0) is 60.0 Å². The lowest BCUT2D eigenvalue weighted by atomic mass is 9.89. The molecule has 0 spiro atoms. The van der Waals surface area contributed by atoms with Crippen LogP contribution in [-0.2, 0) is 14.6 Å². The molecular formula is C24H23BrN2O4S. The van der Waals surface area contributed by atoms with Gasteiger partial charge in [0.1, 0.15) is 0 Å². The Labute approximate surface area is 195 Å². The molecule has 8 heteroatoms. The van der Waals surface area contributed by atoms with E-state index in [0.717, 1.165) is 15.2 Å². The van der Waals surface area contributed by atoms with Crippen molar-refractivity contribution in [2.45, 2.75) is 22.6 Å². The summed E-state index contributed by atoms with van der Waals surface area (Å²) in [6, 6.07) is 16.8. The second-order valence-corrected chi connectivity index (χ2v) is 10.8. The zero-order chi connectivity index (χ0) is 22.9. The molecule has 0 atom stereocenters. The van der Waals surface area contributed by atoms with Crippen LogP contribution in [0, 0.1) is 5.92 Å². The van der Waals surface area contributed by atoms with Crippen molar-refractivity contribution in [3.05, 3.63) is 70.7 Å². The van der Waals surface area contributed by atoms with Crippen molar-refractivity contribution in [1.82, 2.24) is 4.90 Å². The van der Waals surface area contributed by atoms with Crippen LogP contribution >= 0.6 is 15.9 Å². The number of carbonyl (C=O) groups is 2. The number of rotatable bonds is 5. The quantitative estimate of drug-likeness (QED) is 0.522. The third-order valence-corrected chi connectivity index (χ3v) is 8.19. The minimum atomic E-state index is -3.71. The molecule has 32 heavy (non-hydrogen) atoms. The van der Waals surface area contributed by atoms with E-state index in [1.165, 1.54) is 12.1 Å². The maximum atomic E-state index is 13.1. The zero-order valence-electron chi connectivity index (χ0n) is 17.3. The Hall–Kier alpha value is -2.55. The first-order valence-corrected chi connectivity index (χ1v) is 12.6. The van der Waals surface area contributed by atoms with Gasteiger partial charge >= 0.3 is 0 Å². The SMILES string of the molecule is NCC(=O)N1CCC(C(=O)c2ccc(S(=O)(=O)c3ccc4cc(Br)ccc4c3)cc2)CC1. The van der Waals surface area contributed by atoms with Crippen LogP contribution < -0.4 is 5.73 Å². The first kappa shape index (κ1) is 22.6. The molecule has 0 saturated carbocycles. The normalized spacial score (nSPS) is 15.1. The van der Waals surface area contributed by atoms with Crippen molar-refractivity contribution < 1.29 is 18.0 Å². The molecule has 0 radical (unpaired) electrons. The standard InChI is InChI=1S/C24H23BrN2O4S/c25-20-5-1-19-14-22(8-4-18(19)13-20)32(30,31)21-6-2-16(3-7-21)24(29)17-9-11-27(12-10-17)23(28)15-26/h1-8,13-14,17H,9-12,15,26H2. The number of sulfone groups is 1. The predicted octanol–water partition coefficient (Wildman–Crippen LogP) is 3.82. The summed E-state index contributed by atoms with van der Waals surface area (Å²) < 4.78 is 27.2. The van der Waals surface area contributed by atoms with Crippen molar-refractivity contribution in [1.29, 1.82) is 0 Å². The highest BCUT2D eigenvalue weighted by Crippen LogP contribution is 2.28. The number of fused-ring (bicyclic) bond motifs is 1. The first-order chi connectivity index (χ1) is 15.3. The van der Waals surface area contributed by atoms with Crippen molar-refractivity contribution in [2.24, 2.45) is 11.7 Å². The van der Waals surface area contributed by atoms with Crippen LogP contribution in [0.3, 0.4) is 0 Å². The Morgan fingerprint density at radius 3 is 2.16 bits per heavy atom. The van der Waals surface area contributed by atoms with E-state index in [4.69, 9.17) is 5.73 Å². The number of halogens is 1. The Morgan fingerprint density at radius 2 is 1.50 bits per heavy atom. The Balaban J connectivity index is 1.51. The molecule has 3 aromatic rings. The fourth-order valence-corrected chi connectivity index (χ4v) is 5.73. The number of hydrogen-bond donors (Lipinski definition) is 1. The molecule has 0 aliphatic carbocycles. The van der Waals surface area contributed by atoms with Gasteiger partial charge in [0.25, 0.3) is 0 Å². The van der Waals surface area contributed by atoms with E-state index >= 15 is 0 Å². The van der Waals surface area contributed by atoms with Gasteiger partial charge < -0.3 is 10.6 Å². The fourth-order valence-electron chi connectivity index (χ4n) is 4.05. The highest BCUT2D eigenvalue weighted by atomic mass is 79.9. The Kier molecular flexibility index (Phi) is 6.46. The average Bonchev–Trinajstić information content (AvgIpc) is 2.82. The van der Waals surface area contributed by atoms with Gasteiger partial charge in [0, 0.05) is 29.0 Å². The summed E-state index contributed by atoms with van der Waals surface area (Å²) in [5.74, 6) is -0.309. The molecule has 3 aromatic carbocycles. The summed E-state index contributed by atoms with van der Waals surface area (Å²) in [5, 5.41) is 1.78. The van der Waals surface area contributed by atoms with Gasteiger partial charge in [-0.3, -0.25) is 9.59 Å². The lowest BCUT2D eigenvalue weighted by Crippen LogP contribution is -2.43. The van der Waals surface area contributed by atoms with Gasteiger partial charge in [0.2, 0.25) is 15.7 Å². The summed E-state index contributed by atoms with van der Waals surface area (Å²) >= 11 is 3.42. The van der Waals surface area contributed by atoms with Crippen LogP contribution in [0.5, 0.6) is 0 Å². The first-order valence-electron chi connectivity index (χ1n) is 10.4. The van der Waals surface area contributed by atoms with Crippen LogP contribution in [-0.4, -0.2) is 44.6 Å². The average molecular weight is 515 g/mol. The number of hydrogen-bond acceptors (Lipinski definition) is 5. The van der Waals surface area contributed by atoms with Crippen molar-refractivity contribution >= 4 is 48.2 Å². The summed E-state index contributed by atoms with van der Waals surface area (Å²) in [5.41, 5.74) is 5.89. The van der Waals surface area contributed by atoms with Gasteiger partial charge in [-0.1, -0.05) is 40.2 Å². The Bertz CT molecular complexity index is 1280. The van der Waals surface area contributed by atoms with Crippen LogP contribution in [0.1, 0.15) is 23.2 Å². The number of ketones is 1. The summed E-state index contributed by atoms with van der Waals surface area (Å²) in [4.78, 5) is 26.6. The second-order valence-electron chi connectivity index (χ2n) is 7.90. The van der Waals surface area contributed by atoms with Crippen molar-refractivity contribution in [2.75, 3.05) is 19.6 Å². The number of nitrogens with zero attached hydrogens (tertiary/aromatic N) is 1. The van der Waals surface area contributed by atoms with Gasteiger partial charge in [-0.2, -0.15) is 0 Å². The van der Waals surface area contributed by atoms with Crippen molar-refractivity contribution in [3.63, 3.8) is 0 Å². The summed E-state index contributed by atoms with van der Waals surface area (Å²) in [6.07, 6.45) is 1.16. The molecule has 6 nitrogen and oxygen atoms in total. The topological polar surface area (TPSA) is 97.5 Å².